The van der Waals surface area contributed by atoms with Gasteiger partial charge in [-0.1, -0.05) is 12.5 Å². The van der Waals surface area contributed by atoms with Gasteiger partial charge in [0.2, 0.25) is 5.91 Å². The minimum atomic E-state index is -0.328. The van der Waals surface area contributed by atoms with E-state index in [1.165, 1.54) is 18.6 Å². The lowest BCUT2D eigenvalue weighted by atomic mass is 9.65. The van der Waals surface area contributed by atoms with E-state index in [0.717, 1.165) is 25.7 Å². The summed E-state index contributed by atoms with van der Waals surface area (Å²) < 4.78 is 13.1. The number of amides is 1. The van der Waals surface area contributed by atoms with Gasteiger partial charge in [0.15, 0.2) is 0 Å². The number of rotatable bonds is 2. The molecular formula is C16H21FN2O. The Labute approximate surface area is 118 Å². The van der Waals surface area contributed by atoms with Gasteiger partial charge in [0.1, 0.15) is 5.82 Å². The highest BCUT2D eigenvalue weighted by Crippen LogP contribution is 2.42. The molecule has 2 aliphatic carbocycles. The lowest BCUT2D eigenvalue weighted by Gasteiger charge is -2.43. The van der Waals surface area contributed by atoms with Crippen LogP contribution in [0.4, 0.5) is 10.1 Å². The van der Waals surface area contributed by atoms with E-state index in [2.05, 4.69) is 5.32 Å². The van der Waals surface area contributed by atoms with E-state index in [0.29, 0.717) is 17.5 Å². The number of hydrogen-bond acceptors (Lipinski definition) is 2. The third kappa shape index (κ3) is 2.70. The predicted molar refractivity (Wildman–Crippen MR) is 76.6 cm³/mol. The molecule has 0 aliphatic heterocycles. The van der Waals surface area contributed by atoms with Crippen molar-refractivity contribution >= 4 is 11.6 Å². The van der Waals surface area contributed by atoms with Crippen molar-refractivity contribution in [1.29, 1.82) is 0 Å². The number of carbonyl (C=O) groups is 1. The molecule has 0 spiro atoms. The molecular weight excluding hydrogens is 255 g/mol. The Morgan fingerprint density at radius 3 is 2.60 bits per heavy atom. The highest BCUT2D eigenvalue weighted by molar-refractivity contribution is 5.92. The van der Waals surface area contributed by atoms with Crippen molar-refractivity contribution in [2.24, 2.45) is 23.5 Å². The fourth-order valence-electron chi connectivity index (χ4n) is 3.81. The van der Waals surface area contributed by atoms with Crippen LogP contribution in [0.15, 0.2) is 24.3 Å². The molecule has 1 amide bonds. The van der Waals surface area contributed by atoms with Crippen LogP contribution in [0.2, 0.25) is 0 Å². The Morgan fingerprint density at radius 1 is 1.25 bits per heavy atom. The molecule has 108 valence electrons. The topological polar surface area (TPSA) is 55.1 Å². The molecule has 3 rings (SSSR count). The molecule has 4 heteroatoms. The average molecular weight is 276 g/mol. The summed E-state index contributed by atoms with van der Waals surface area (Å²) in [7, 11) is 0. The van der Waals surface area contributed by atoms with Crippen LogP contribution in [-0.4, -0.2) is 11.9 Å². The van der Waals surface area contributed by atoms with Gasteiger partial charge in [0.05, 0.1) is 0 Å². The summed E-state index contributed by atoms with van der Waals surface area (Å²) in [6.07, 6.45) is 5.27. The quantitative estimate of drug-likeness (QED) is 0.872. The third-order valence-corrected chi connectivity index (χ3v) is 4.88. The van der Waals surface area contributed by atoms with Gasteiger partial charge in [-0.2, -0.15) is 0 Å². The van der Waals surface area contributed by atoms with Gasteiger partial charge in [0, 0.05) is 17.6 Å². The second-order valence-corrected chi connectivity index (χ2v) is 6.20. The van der Waals surface area contributed by atoms with E-state index in [1.54, 1.807) is 12.1 Å². The molecule has 3 N–H and O–H groups in total. The Kier molecular flexibility index (Phi) is 3.74. The number of anilines is 1. The van der Waals surface area contributed by atoms with Crippen LogP contribution >= 0.6 is 0 Å². The summed E-state index contributed by atoms with van der Waals surface area (Å²) in [5.74, 6) is 0.662. The Bertz CT molecular complexity index is 491. The summed E-state index contributed by atoms with van der Waals surface area (Å²) in [5.41, 5.74) is 6.77. The Hall–Kier alpha value is -1.42. The van der Waals surface area contributed by atoms with E-state index in [9.17, 15) is 9.18 Å². The molecule has 2 unspecified atom stereocenters. The number of nitrogens with one attached hydrogen (secondary N) is 1. The summed E-state index contributed by atoms with van der Waals surface area (Å²) >= 11 is 0. The van der Waals surface area contributed by atoms with Gasteiger partial charge in [-0.25, -0.2) is 4.39 Å². The second kappa shape index (κ2) is 5.52. The normalized spacial score (nSPS) is 32.7. The highest BCUT2D eigenvalue weighted by atomic mass is 19.1. The average Bonchev–Trinajstić information content (AvgIpc) is 2.38. The summed E-state index contributed by atoms with van der Waals surface area (Å²) in [5, 5.41) is 2.84. The zero-order valence-electron chi connectivity index (χ0n) is 11.5. The van der Waals surface area contributed by atoms with E-state index < -0.39 is 0 Å². The first-order valence-corrected chi connectivity index (χ1v) is 7.45. The first kappa shape index (κ1) is 13.6. The van der Waals surface area contributed by atoms with Gasteiger partial charge >= 0.3 is 0 Å². The predicted octanol–water partition coefficient (Wildman–Crippen LogP) is 2.92. The smallest absolute Gasteiger partial charge is 0.227 e. The number of carbonyl (C=O) groups excluding carboxylic acids is 1. The van der Waals surface area contributed by atoms with Crippen LogP contribution in [-0.2, 0) is 4.79 Å². The molecule has 3 nitrogen and oxygen atoms in total. The number of nitrogens with two attached hydrogens (primary N) is 1. The van der Waals surface area contributed by atoms with E-state index in [-0.39, 0.29) is 23.7 Å². The fourth-order valence-corrected chi connectivity index (χ4v) is 3.81. The first-order chi connectivity index (χ1) is 9.63. The van der Waals surface area contributed by atoms with Crippen molar-refractivity contribution in [3.63, 3.8) is 0 Å². The van der Waals surface area contributed by atoms with E-state index in [1.807, 2.05) is 0 Å². The Balaban J connectivity index is 1.66. The molecule has 0 radical (unpaired) electrons. The maximum atomic E-state index is 13.1. The largest absolute Gasteiger partial charge is 0.327 e. The van der Waals surface area contributed by atoms with Crippen LogP contribution in [0.1, 0.15) is 32.1 Å². The van der Waals surface area contributed by atoms with E-state index in [4.69, 9.17) is 5.73 Å². The van der Waals surface area contributed by atoms with Crippen LogP contribution < -0.4 is 11.1 Å². The number of halogens is 1. The first-order valence-electron chi connectivity index (χ1n) is 7.45. The van der Waals surface area contributed by atoms with Crippen molar-refractivity contribution in [1.82, 2.24) is 0 Å². The van der Waals surface area contributed by atoms with Crippen LogP contribution in [0.5, 0.6) is 0 Å². The standard InChI is InChI=1S/C16H21FN2O/c17-13-5-2-6-14(9-13)19-16(20)12-7-10-3-1-4-11(8-12)15(10)18/h2,5-6,9-12,15H,1,3-4,7-8,18H2,(H,19,20). The molecule has 20 heavy (non-hydrogen) atoms. The van der Waals surface area contributed by atoms with Crippen LogP contribution in [0.25, 0.3) is 0 Å². The summed E-state index contributed by atoms with van der Waals surface area (Å²) in [6.45, 7) is 0. The molecule has 2 saturated carbocycles. The highest BCUT2D eigenvalue weighted by Gasteiger charge is 2.40. The Morgan fingerprint density at radius 2 is 1.95 bits per heavy atom. The van der Waals surface area contributed by atoms with Crippen LogP contribution in [0, 0.1) is 23.6 Å². The van der Waals surface area contributed by atoms with Gasteiger partial charge in [0.25, 0.3) is 0 Å². The summed E-state index contributed by atoms with van der Waals surface area (Å²) in [4.78, 5) is 12.3. The number of hydrogen-bond donors (Lipinski definition) is 2. The summed E-state index contributed by atoms with van der Waals surface area (Å²) in [6, 6.07) is 6.32. The molecule has 0 aromatic heterocycles. The SMILES string of the molecule is NC1C2CCCC1CC(C(=O)Nc1cccc(F)c1)C2. The van der Waals surface area contributed by atoms with Gasteiger partial charge in [-0.05, 0) is 55.7 Å². The fraction of sp³-hybridized carbons (Fsp3) is 0.562. The maximum absolute atomic E-state index is 13.1. The van der Waals surface area contributed by atoms with Gasteiger partial charge in [-0.15, -0.1) is 0 Å². The molecule has 0 heterocycles. The van der Waals surface area contributed by atoms with Crippen molar-refractivity contribution in [2.45, 2.75) is 38.1 Å². The third-order valence-electron chi connectivity index (χ3n) is 4.88. The molecule has 2 aliphatic rings. The lowest BCUT2D eigenvalue weighted by Crippen LogP contribution is -2.48. The van der Waals surface area contributed by atoms with Crippen LogP contribution in [0.3, 0.4) is 0 Å². The van der Waals surface area contributed by atoms with Crippen molar-refractivity contribution in [2.75, 3.05) is 5.32 Å². The van der Waals surface area contributed by atoms with Crippen molar-refractivity contribution in [3.05, 3.63) is 30.1 Å². The van der Waals surface area contributed by atoms with Crippen molar-refractivity contribution in [3.8, 4) is 0 Å². The number of benzene rings is 1. The van der Waals surface area contributed by atoms with Gasteiger partial charge < -0.3 is 11.1 Å². The molecule has 0 saturated heterocycles. The lowest BCUT2D eigenvalue weighted by molar-refractivity contribution is -0.122. The minimum Gasteiger partial charge on any atom is -0.327 e. The molecule has 1 aromatic carbocycles. The zero-order chi connectivity index (χ0) is 14.1. The van der Waals surface area contributed by atoms with E-state index >= 15 is 0 Å². The molecule has 2 fully saturated rings. The van der Waals surface area contributed by atoms with Crippen molar-refractivity contribution < 1.29 is 9.18 Å². The maximum Gasteiger partial charge on any atom is 0.227 e. The molecule has 2 atom stereocenters. The number of fused-ring (bicyclic) bond motifs is 2. The zero-order valence-corrected chi connectivity index (χ0v) is 11.5. The molecule has 2 bridgehead atoms. The van der Waals surface area contributed by atoms with Gasteiger partial charge in [-0.3, -0.25) is 4.79 Å². The monoisotopic (exact) mass is 276 g/mol. The second-order valence-electron chi connectivity index (χ2n) is 6.20. The minimum absolute atomic E-state index is 0.0133. The molecule has 1 aromatic rings.